The molecule has 1 saturated carbocycles. The van der Waals surface area contributed by atoms with Gasteiger partial charge in [-0.25, -0.2) is 0 Å². The highest BCUT2D eigenvalue weighted by molar-refractivity contribution is 5.83. The van der Waals surface area contributed by atoms with E-state index in [0.717, 1.165) is 55.1 Å². The molecule has 0 spiro atoms. The molecule has 7 nitrogen and oxygen atoms in total. The van der Waals surface area contributed by atoms with Crippen molar-refractivity contribution >= 4 is 16.7 Å². The first-order chi connectivity index (χ1) is 17.3. The second-order valence-corrected chi connectivity index (χ2v) is 9.91. The molecule has 2 aliphatic rings. The molecule has 1 saturated heterocycles. The van der Waals surface area contributed by atoms with Crippen LogP contribution in [0, 0.1) is 11.8 Å². The maximum absolute atomic E-state index is 14.0. The second-order valence-electron chi connectivity index (χ2n) is 9.91. The van der Waals surface area contributed by atoms with Crippen molar-refractivity contribution in [1.82, 2.24) is 29.9 Å². The van der Waals surface area contributed by atoms with Crippen molar-refractivity contribution in [2.24, 2.45) is 18.9 Å². The highest BCUT2D eigenvalue weighted by Crippen LogP contribution is 2.41. The molecule has 0 amide bonds. The Labute approximate surface area is 206 Å². The number of pyridine rings is 1. The molecule has 3 aromatic heterocycles. The number of fused-ring (bicyclic) bond motifs is 2. The number of benzene rings is 1. The van der Waals surface area contributed by atoms with Crippen molar-refractivity contribution in [2.75, 3.05) is 18.4 Å². The van der Waals surface area contributed by atoms with E-state index in [1.165, 1.54) is 0 Å². The standard InChI is InChI=1S/C26H26F3N7/c1-35-12-19-8-16(5-6-23(19)34-35)24-11-22(26(27,28)29)25(33-32-24)31-21-9-17-13-36(14-18(17)10-21)15-20-4-2-3-7-30-20/h2-8,11-12,17-18,21H,9-10,13-15H2,1H3,(H,31,33)/t17-,18+,21+. The number of hydrogen-bond acceptors (Lipinski definition) is 6. The molecule has 0 radical (unpaired) electrons. The van der Waals surface area contributed by atoms with Crippen LogP contribution >= 0.6 is 0 Å². The van der Waals surface area contributed by atoms with Gasteiger partial charge in [0, 0.05) is 56.1 Å². The number of rotatable bonds is 5. The molecule has 1 aromatic carbocycles. The molecular formula is C26H26F3N7. The van der Waals surface area contributed by atoms with Crippen molar-refractivity contribution in [3.8, 4) is 11.3 Å². The summed E-state index contributed by atoms with van der Waals surface area (Å²) in [6.07, 6.45) is 0.720. The largest absolute Gasteiger partial charge is 0.420 e. The average Bonchev–Trinajstić information content (AvgIpc) is 3.50. The molecule has 0 unspecified atom stereocenters. The number of aryl methyl sites for hydroxylation is 1. The summed E-state index contributed by atoms with van der Waals surface area (Å²) in [4.78, 5) is 6.80. The fourth-order valence-corrected chi connectivity index (χ4v) is 5.72. The quantitative estimate of drug-likeness (QED) is 0.432. The van der Waals surface area contributed by atoms with Crippen molar-refractivity contribution in [2.45, 2.75) is 31.6 Å². The Kier molecular flexibility index (Phi) is 5.63. The number of alkyl halides is 3. The molecule has 6 rings (SSSR count). The highest BCUT2D eigenvalue weighted by Gasteiger charge is 2.42. The van der Waals surface area contributed by atoms with Crippen LogP contribution in [-0.2, 0) is 19.8 Å². The van der Waals surface area contributed by atoms with Gasteiger partial charge in [0.15, 0.2) is 5.82 Å². The third-order valence-electron chi connectivity index (χ3n) is 7.29. The molecule has 1 aliphatic carbocycles. The van der Waals surface area contributed by atoms with Gasteiger partial charge in [-0.05, 0) is 55.0 Å². The fraction of sp³-hybridized carbons (Fsp3) is 0.385. The van der Waals surface area contributed by atoms with Crippen LogP contribution < -0.4 is 5.32 Å². The van der Waals surface area contributed by atoms with Gasteiger partial charge in [0.05, 0.1) is 16.9 Å². The van der Waals surface area contributed by atoms with E-state index in [4.69, 9.17) is 0 Å². The summed E-state index contributed by atoms with van der Waals surface area (Å²) in [5.74, 6) is 0.724. The zero-order chi connectivity index (χ0) is 24.9. The van der Waals surface area contributed by atoms with Crippen molar-refractivity contribution in [3.05, 3.63) is 66.1 Å². The topological polar surface area (TPSA) is 71.8 Å². The van der Waals surface area contributed by atoms with Gasteiger partial charge < -0.3 is 5.32 Å². The number of anilines is 1. The van der Waals surface area contributed by atoms with E-state index in [1.54, 1.807) is 36.1 Å². The smallest absolute Gasteiger partial charge is 0.365 e. The van der Waals surface area contributed by atoms with E-state index < -0.39 is 11.7 Å². The Hall–Kier alpha value is -3.53. The summed E-state index contributed by atoms with van der Waals surface area (Å²) in [6.45, 7) is 2.68. The fourth-order valence-electron chi connectivity index (χ4n) is 5.72. The monoisotopic (exact) mass is 493 g/mol. The Morgan fingerprint density at radius 1 is 1.03 bits per heavy atom. The lowest BCUT2D eigenvalue weighted by Gasteiger charge is -2.21. The van der Waals surface area contributed by atoms with Crippen LogP contribution in [0.15, 0.2) is 54.9 Å². The Balaban J connectivity index is 1.17. The number of nitrogens with zero attached hydrogens (tertiary/aromatic N) is 6. The summed E-state index contributed by atoms with van der Waals surface area (Å²) >= 11 is 0. The molecular weight excluding hydrogens is 467 g/mol. The zero-order valence-corrected chi connectivity index (χ0v) is 19.8. The second kappa shape index (κ2) is 8.85. The number of nitrogens with one attached hydrogen (secondary N) is 1. The molecule has 1 N–H and O–H groups in total. The number of likely N-dealkylation sites (tertiary alicyclic amines) is 1. The van der Waals surface area contributed by atoms with Gasteiger partial charge in [-0.3, -0.25) is 14.6 Å². The average molecular weight is 494 g/mol. The van der Waals surface area contributed by atoms with Gasteiger partial charge in [0.2, 0.25) is 0 Å². The molecule has 0 bridgehead atoms. The van der Waals surface area contributed by atoms with Crippen LogP contribution in [0.25, 0.3) is 22.2 Å². The lowest BCUT2D eigenvalue weighted by Crippen LogP contribution is -2.26. The summed E-state index contributed by atoms with van der Waals surface area (Å²) in [5, 5.41) is 16.4. The first-order valence-electron chi connectivity index (χ1n) is 12.1. The minimum absolute atomic E-state index is 0.0509. The van der Waals surface area contributed by atoms with E-state index in [0.29, 0.717) is 17.4 Å². The predicted octanol–water partition coefficient (Wildman–Crippen LogP) is 4.77. The maximum Gasteiger partial charge on any atom is 0.420 e. The van der Waals surface area contributed by atoms with Gasteiger partial charge in [-0.15, -0.1) is 10.2 Å². The van der Waals surface area contributed by atoms with E-state index >= 15 is 0 Å². The SMILES string of the molecule is Cn1cc2cc(-c3cc(C(F)(F)F)c(N[C@H]4C[C@@H]5CN(Cc6ccccn6)C[C@@H]5C4)nn3)ccc2n1. The van der Waals surface area contributed by atoms with Crippen molar-refractivity contribution in [3.63, 3.8) is 0 Å². The maximum atomic E-state index is 14.0. The van der Waals surface area contributed by atoms with Gasteiger partial charge in [0.25, 0.3) is 0 Å². The molecule has 186 valence electrons. The zero-order valence-electron chi connectivity index (χ0n) is 19.8. The summed E-state index contributed by atoms with van der Waals surface area (Å²) in [6, 6.07) is 12.2. The lowest BCUT2D eigenvalue weighted by atomic mass is 10.0. The highest BCUT2D eigenvalue weighted by atomic mass is 19.4. The number of hydrogen-bond donors (Lipinski definition) is 1. The van der Waals surface area contributed by atoms with E-state index in [2.05, 4.69) is 30.5 Å². The van der Waals surface area contributed by atoms with Crippen LogP contribution in [0.3, 0.4) is 0 Å². The van der Waals surface area contributed by atoms with Gasteiger partial charge in [-0.1, -0.05) is 12.1 Å². The Bertz CT molecular complexity index is 1370. The first kappa shape index (κ1) is 22.9. The Morgan fingerprint density at radius 2 is 1.83 bits per heavy atom. The molecule has 1 aliphatic heterocycles. The molecule has 10 heteroatoms. The van der Waals surface area contributed by atoms with Gasteiger partial charge in [-0.2, -0.15) is 18.3 Å². The number of halogens is 3. The summed E-state index contributed by atoms with van der Waals surface area (Å²) in [5.41, 5.74) is 1.79. The third kappa shape index (κ3) is 4.53. The lowest BCUT2D eigenvalue weighted by molar-refractivity contribution is -0.137. The van der Waals surface area contributed by atoms with Crippen LogP contribution in [0.4, 0.5) is 19.0 Å². The molecule has 2 fully saturated rings. The van der Waals surface area contributed by atoms with Crippen LogP contribution in [0.1, 0.15) is 24.1 Å². The van der Waals surface area contributed by atoms with Gasteiger partial charge >= 0.3 is 6.18 Å². The summed E-state index contributed by atoms with van der Waals surface area (Å²) < 4.78 is 43.8. The molecule has 36 heavy (non-hydrogen) atoms. The van der Waals surface area contributed by atoms with Crippen LogP contribution in [0.2, 0.25) is 0 Å². The van der Waals surface area contributed by atoms with E-state index in [9.17, 15) is 13.2 Å². The van der Waals surface area contributed by atoms with Crippen molar-refractivity contribution in [1.29, 1.82) is 0 Å². The Morgan fingerprint density at radius 3 is 2.56 bits per heavy atom. The van der Waals surface area contributed by atoms with Crippen molar-refractivity contribution < 1.29 is 13.2 Å². The minimum atomic E-state index is -4.54. The van der Waals surface area contributed by atoms with E-state index in [-0.39, 0.29) is 17.6 Å². The van der Waals surface area contributed by atoms with Crippen LogP contribution in [-0.4, -0.2) is 49.0 Å². The third-order valence-corrected chi connectivity index (χ3v) is 7.29. The predicted molar refractivity (Wildman–Crippen MR) is 130 cm³/mol. The first-order valence-corrected chi connectivity index (χ1v) is 12.1. The number of aromatic nitrogens is 5. The van der Waals surface area contributed by atoms with Crippen LogP contribution in [0.5, 0.6) is 0 Å². The molecule has 3 atom stereocenters. The normalized spacial score (nSPS) is 22.3. The summed E-state index contributed by atoms with van der Waals surface area (Å²) in [7, 11) is 1.80. The molecule has 4 heterocycles. The van der Waals surface area contributed by atoms with Gasteiger partial charge in [0.1, 0.15) is 5.56 Å². The minimum Gasteiger partial charge on any atom is -0.365 e. The van der Waals surface area contributed by atoms with E-state index in [1.807, 2.05) is 24.4 Å². The molecule has 4 aromatic rings.